The second-order valence-corrected chi connectivity index (χ2v) is 16.4. The summed E-state index contributed by atoms with van der Waals surface area (Å²) in [7, 11) is 0. The number of carboxylic acid groups (broad SMARTS) is 3. The third-order valence-electron chi connectivity index (χ3n) is 12.9. The summed E-state index contributed by atoms with van der Waals surface area (Å²) in [4.78, 5) is 56.6. The van der Waals surface area contributed by atoms with E-state index in [1.165, 1.54) is 11.1 Å². The van der Waals surface area contributed by atoms with Crippen molar-refractivity contribution in [3.05, 3.63) is 59.2 Å². The highest BCUT2D eigenvalue weighted by atomic mass is 16.5. The fourth-order valence-electron chi connectivity index (χ4n) is 10.0. The lowest BCUT2D eigenvalue weighted by Crippen LogP contribution is -2.53. The number of aliphatic hydroxyl groups is 1. The van der Waals surface area contributed by atoms with Crippen molar-refractivity contribution in [2.24, 2.45) is 17.3 Å². The Hall–Kier alpha value is -4.08. The lowest BCUT2D eigenvalue weighted by Gasteiger charge is -2.50. The largest absolute Gasteiger partial charge is 0.480 e. The number of hydrogen-bond acceptors (Lipinski definition) is 11. The van der Waals surface area contributed by atoms with Crippen LogP contribution in [0.4, 0.5) is 5.69 Å². The lowest BCUT2D eigenvalue weighted by atomic mass is 9.55. The van der Waals surface area contributed by atoms with Gasteiger partial charge in [0.05, 0.1) is 32.3 Å². The number of anilines is 1. The van der Waals surface area contributed by atoms with Crippen molar-refractivity contribution in [2.45, 2.75) is 69.9 Å². The number of aryl methyl sites for hydroxylation is 1. The van der Waals surface area contributed by atoms with Crippen molar-refractivity contribution in [3.63, 3.8) is 0 Å². The molecule has 6 N–H and O–H groups in total. The van der Waals surface area contributed by atoms with Gasteiger partial charge in [-0.15, -0.1) is 0 Å². The number of hydrogen-bond donors (Lipinski definition) is 5. The molecule has 1 aliphatic heterocycles. The fraction of sp³-hybridized carbons (Fsp3) is 0.610. The second-order valence-electron chi connectivity index (χ2n) is 16.4. The number of carboxylic acids is 3. The molecule has 2 aromatic carbocycles. The third-order valence-corrected chi connectivity index (χ3v) is 12.9. The van der Waals surface area contributed by atoms with Gasteiger partial charge in [-0.25, -0.2) is 0 Å². The van der Waals surface area contributed by atoms with Crippen molar-refractivity contribution in [1.82, 2.24) is 19.6 Å². The minimum absolute atomic E-state index is 0.00127. The summed E-state index contributed by atoms with van der Waals surface area (Å²) in [6.07, 6.45) is 6.17. The quantitative estimate of drug-likeness (QED) is 0.127. The van der Waals surface area contributed by atoms with Crippen molar-refractivity contribution < 1.29 is 44.3 Å². The molecule has 0 amide bonds. The number of nitrogens with two attached hydrogens (primary N) is 1. The number of esters is 1. The molecule has 14 heteroatoms. The molecule has 2 saturated carbocycles. The molecular formula is C41H57N5O9. The van der Waals surface area contributed by atoms with E-state index >= 15 is 0 Å². The number of nitrogens with zero attached hydrogens (tertiary/aromatic N) is 4. The van der Waals surface area contributed by atoms with Crippen LogP contribution in [0.15, 0.2) is 42.5 Å². The molecule has 1 saturated heterocycles. The van der Waals surface area contributed by atoms with E-state index < -0.39 is 23.9 Å². The van der Waals surface area contributed by atoms with Gasteiger partial charge in [0, 0.05) is 57.5 Å². The average molecular weight is 764 g/mol. The molecule has 0 aromatic heterocycles. The molecule has 0 radical (unpaired) electrons. The number of carbonyl (C=O) groups is 4. The Morgan fingerprint density at radius 1 is 0.782 bits per heavy atom. The molecule has 0 spiro atoms. The zero-order valence-electron chi connectivity index (χ0n) is 31.9. The van der Waals surface area contributed by atoms with Crippen molar-refractivity contribution in [3.8, 4) is 5.75 Å². The van der Waals surface area contributed by atoms with Crippen LogP contribution in [-0.4, -0.2) is 148 Å². The van der Waals surface area contributed by atoms with Gasteiger partial charge in [0.2, 0.25) is 0 Å². The van der Waals surface area contributed by atoms with Crippen LogP contribution in [0.3, 0.4) is 0 Å². The predicted octanol–water partition coefficient (Wildman–Crippen LogP) is 2.48. The maximum atomic E-state index is 13.9. The van der Waals surface area contributed by atoms with Crippen molar-refractivity contribution in [1.29, 1.82) is 0 Å². The van der Waals surface area contributed by atoms with Gasteiger partial charge in [0.15, 0.2) is 0 Å². The van der Waals surface area contributed by atoms with Gasteiger partial charge >= 0.3 is 23.9 Å². The number of rotatable bonds is 11. The molecule has 6 atom stereocenters. The maximum absolute atomic E-state index is 13.9. The van der Waals surface area contributed by atoms with E-state index in [0.29, 0.717) is 35.6 Å². The molecule has 1 unspecified atom stereocenters. The van der Waals surface area contributed by atoms with Gasteiger partial charge in [0.1, 0.15) is 5.75 Å². The average Bonchev–Trinajstić information content (AvgIpc) is 3.43. The SMILES string of the molecule is C[C@]12CC[C@@H]3c4ccc(OC(=O)CN5CCN(CC(=O)O)CCN(CC(=O)O)CCN(CC(=O)O)CC5Cc5ccc(N)cc5)cc4CC[C@H]3[C@@H]1CC[C@@H]2O. The van der Waals surface area contributed by atoms with E-state index in [1.54, 1.807) is 26.8 Å². The first-order valence-corrected chi connectivity index (χ1v) is 19.7. The van der Waals surface area contributed by atoms with Gasteiger partial charge in [-0.2, -0.15) is 0 Å². The van der Waals surface area contributed by atoms with E-state index in [4.69, 9.17) is 10.5 Å². The molecule has 55 heavy (non-hydrogen) atoms. The van der Waals surface area contributed by atoms with Gasteiger partial charge in [0.25, 0.3) is 0 Å². The molecule has 1 heterocycles. The Bertz CT molecular complexity index is 1690. The molecule has 4 aliphatic rings. The monoisotopic (exact) mass is 763 g/mol. The highest BCUT2D eigenvalue weighted by molar-refractivity contribution is 5.75. The van der Waals surface area contributed by atoms with Gasteiger partial charge in [-0.1, -0.05) is 25.1 Å². The van der Waals surface area contributed by atoms with Crippen LogP contribution < -0.4 is 10.5 Å². The van der Waals surface area contributed by atoms with Crippen LogP contribution in [0.5, 0.6) is 5.75 Å². The van der Waals surface area contributed by atoms with Crippen LogP contribution in [0.2, 0.25) is 0 Å². The van der Waals surface area contributed by atoms with Crippen molar-refractivity contribution in [2.75, 3.05) is 77.7 Å². The normalized spacial score (nSPS) is 28.5. The van der Waals surface area contributed by atoms with E-state index in [2.05, 4.69) is 13.0 Å². The lowest BCUT2D eigenvalue weighted by molar-refractivity contribution is -0.141. The van der Waals surface area contributed by atoms with Gasteiger partial charge in [-0.05, 0) is 109 Å². The third kappa shape index (κ3) is 10.2. The van der Waals surface area contributed by atoms with Crippen LogP contribution in [0, 0.1) is 17.3 Å². The number of aliphatic hydroxyl groups excluding tert-OH is 1. The summed E-state index contributed by atoms with van der Waals surface area (Å²) in [5.41, 5.74) is 10.0. The number of benzene rings is 2. The number of nitrogen functional groups attached to an aromatic ring is 1. The second kappa shape index (κ2) is 17.8. The zero-order chi connectivity index (χ0) is 39.3. The molecule has 0 bridgehead atoms. The first kappa shape index (κ1) is 40.6. The molecule has 6 rings (SSSR count). The Kier molecular flexibility index (Phi) is 13.1. The van der Waals surface area contributed by atoms with E-state index in [1.807, 2.05) is 29.2 Å². The van der Waals surface area contributed by atoms with Crippen LogP contribution in [0.25, 0.3) is 0 Å². The summed E-state index contributed by atoms with van der Waals surface area (Å²) < 4.78 is 6.03. The van der Waals surface area contributed by atoms with Crippen LogP contribution in [-0.2, 0) is 32.0 Å². The topological polar surface area (TPSA) is 197 Å². The minimum atomic E-state index is -1.03. The standard InChI is InChI=1S/C41H57N5O9/c1-41-13-12-33-32-9-7-31(21-28(32)4-8-34(33)35(41)10-11-36(41)47)55-40(54)26-46-19-18-44(24-38(50)51)15-14-43(23-37(48)49)16-17-45(25-39(52)53)22-30(46)20-27-2-5-29(42)6-3-27/h2-3,5-7,9,21,30,33-36,47H,4,8,10-20,22-26,42H2,1H3,(H,48,49)(H,50,51)(H,52,53)/t30?,33-,34-,35+,36+,41+/m1/s1. The Balaban J connectivity index is 1.23. The highest BCUT2D eigenvalue weighted by Gasteiger charge is 2.54. The molecule has 3 aliphatic carbocycles. The Labute approximate surface area is 322 Å². The highest BCUT2D eigenvalue weighted by Crippen LogP contribution is 2.61. The molecular weight excluding hydrogens is 706 g/mol. The summed E-state index contributed by atoms with van der Waals surface area (Å²) in [5, 5.41) is 39.9. The van der Waals surface area contributed by atoms with Gasteiger partial charge in [-0.3, -0.25) is 38.8 Å². The zero-order valence-corrected chi connectivity index (χ0v) is 31.9. The number of fused-ring (bicyclic) bond motifs is 5. The molecule has 3 fully saturated rings. The molecule has 2 aromatic rings. The van der Waals surface area contributed by atoms with E-state index in [9.17, 15) is 39.6 Å². The summed E-state index contributed by atoms with van der Waals surface area (Å²) in [6, 6.07) is 13.0. The Morgan fingerprint density at radius 3 is 2.05 bits per heavy atom. The van der Waals surface area contributed by atoms with Crippen LogP contribution in [0.1, 0.15) is 61.6 Å². The number of ether oxygens (including phenoxy) is 1. The molecule has 14 nitrogen and oxygen atoms in total. The maximum Gasteiger partial charge on any atom is 0.325 e. The smallest absolute Gasteiger partial charge is 0.325 e. The van der Waals surface area contributed by atoms with Crippen LogP contribution >= 0.6 is 0 Å². The molecule has 300 valence electrons. The predicted molar refractivity (Wildman–Crippen MR) is 205 cm³/mol. The summed E-state index contributed by atoms with van der Waals surface area (Å²) >= 11 is 0. The first-order chi connectivity index (χ1) is 26.3. The number of aliphatic carboxylic acids is 3. The summed E-state index contributed by atoms with van der Waals surface area (Å²) in [6.45, 7) is 3.24. The fourth-order valence-corrected chi connectivity index (χ4v) is 10.0. The Morgan fingerprint density at radius 2 is 1.40 bits per heavy atom. The first-order valence-electron chi connectivity index (χ1n) is 19.7. The summed E-state index contributed by atoms with van der Waals surface area (Å²) in [5.74, 6) is -1.56. The minimum Gasteiger partial charge on any atom is -0.480 e. The van der Waals surface area contributed by atoms with Gasteiger partial charge < -0.3 is 30.9 Å². The van der Waals surface area contributed by atoms with Crippen molar-refractivity contribution >= 4 is 29.6 Å². The van der Waals surface area contributed by atoms with E-state index in [-0.39, 0.29) is 89.6 Å². The number of carbonyl (C=O) groups excluding carboxylic acids is 1. The van der Waals surface area contributed by atoms with E-state index in [0.717, 1.165) is 44.1 Å².